The third-order valence-corrected chi connectivity index (χ3v) is 4.35. The molecule has 9 heteroatoms. The quantitative estimate of drug-likeness (QED) is 0.409. The lowest BCUT2D eigenvalue weighted by molar-refractivity contribution is -0.385. The molecular formula is C18H18BrN3O5. The van der Waals surface area contributed by atoms with Crippen LogP contribution in [0.5, 0.6) is 11.5 Å². The average molecular weight is 436 g/mol. The first-order valence-electron chi connectivity index (χ1n) is 7.89. The molecule has 0 heterocycles. The minimum absolute atomic E-state index is 0.0858. The zero-order chi connectivity index (χ0) is 20.1. The summed E-state index contributed by atoms with van der Waals surface area (Å²) < 4.78 is 5.97. The smallest absolute Gasteiger partial charge is 0.312 e. The number of carbonyl (C=O) groups is 1. The molecule has 0 radical (unpaired) electrons. The summed E-state index contributed by atoms with van der Waals surface area (Å²) in [5.74, 6) is -0.395. The Morgan fingerprint density at radius 3 is 2.67 bits per heavy atom. The number of phenols is 1. The Bertz CT molecular complexity index is 928. The van der Waals surface area contributed by atoms with Crippen molar-refractivity contribution < 1.29 is 19.6 Å². The largest absolute Gasteiger partial charge is 0.502 e. The molecule has 0 bridgehead atoms. The molecule has 27 heavy (non-hydrogen) atoms. The van der Waals surface area contributed by atoms with Gasteiger partial charge in [0.25, 0.3) is 5.91 Å². The Balaban J connectivity index is 2.02. The molecule has 2 aromatic carbocycles. The van der Waals surface area contributed by atoms with Crippen LogP contribution in [-0.4, -0.2) is 28.8 Å². The van der Waals surface area contributed by atoms with Crippen LogP contribution in [0, 0.1) is 30.9 Å². The fraction of sp³-hybridized carbons (Fsp3) is 0.222. The summed E-state index contributed by atoms with van der Waals surface area (Å²) in [6.45, 7) is 5.51. The second-order valence-electron chi connectivity index (χ2n) is 5.86. The number of ether oxygens (including phenoxy) is 1. The molecule has 2 aromatic rings. The highest BCUT2D eigenvalue weighted by Gasteiger charge is 2.17. The Morgan fingerprint density at radius 2 is 2.00 bits per heavy atom. The van der Waals surface area contributed by atoms with Gasteiger partial charge in [0, 0.05) is 16.1 Å². The number of nitrogens with one attached hydrogen (secondary N) is 1. The lowest BCUT2D eigenvalue weighted by Gasteiger charge is -2.13. The van der Waals surface area contributed by atoms with Crippen LogP contribution >= 0.6 is 15.9 Å². The number of amides is 1. The molecule has 8 nitrogen and oxygen atoms in total. The number of phenolic OH excluding ortho intramolecular Hbond substituents is 1. The summed E-state index contributed by atoms with van der Waals surface area (Å²) in [6.07, 6.45) is 1.12. The van der Waals surface area contributed by atoms with Crippen molar-refractivity contribution in [1.29, 1.82) is 0 Å². The number of hydrogen-bond donors (Lipinski definition) is 2. The van der Waals surface area contributed by atoms with Crippen molar-refractivity contribution >= 4 is 33.7 Å². The summed E-state index contributed by atoms with van der Waals surface area (Å²) in [7, 11) is 0. The zero-order valence-electron chi connectivity index (χ0n) is 14.9. The number of nitro groups is 1. The molecule has 0 aromatic heterocycles. The first kappa shape index (κ1) is 20.4. The topological polar surface area (TPSA) is 114 Å². The highest BCUT2D eigenvalue weighted by Crippen LogP contribution is 2.32. The van der Waals surface area contributed by atoms with Crippen molar-refractivity contribution in [2.24, 2.45) is 5.10 Å². The first-order valence-corrected chi connectivity index (χ1v) is 8.68. The van der Waals surface area contributed by atoms with E-state index in [-0.39, 0.29) is 12.2 Å². The molecule has 2 rings (SSSR count). The van der Waals surface area contributed by atoms with Crippen molar-refractivity contribution in [2.75, 3.05) is 6.61 Å². The number of hydrogen-bond acceptors (Lipinski definition) is 6. The minimum atomic E-state index is -0.712. The van der Waals surface area contributed by atoms with E-state index in [1.807, 2.05) is 32.9 Å². The van der Waals surface area contributed by atoms with Gasteiger partial charge in [0.15, 0.2) is 6.61 Å². The fourth-order valence-electron chi connectivity index (χ4n) is 2.33. The molecule has 0 atom stereocenters. The second kappa shape index (κ2) is 8.63. The summed E-state index contributed by atoms with van der Waals surface area (Å²) >= 11 is 3.12. The molecule has 0 fully saturated rings. The van der Waals surface area contributed by atoms with Gasteiger partial charge in [-0.25, -0.2) is 5.43 Å². The van der Waals surface area contributed by atoms with E-state index in [0.29, 0.717) is 10.2 Å². The van der Waals surface area contributed by atoms with E-state index in [1.165, 1.54) is 12.1 Å². The van der Waals surface area contributed by atoms with Crippen LogP contribution in [0.1, 0.15) is 22.3 Å². The van der Waals surface area contributed by atoms with Crippen molar-refractivity contribution in [3.8, 4) is 11.5 Å². The Kier molecular flexibility index (Phi) is 6.51. The average Bonchev–Trinajstić information content (AvgIpc) is 2.60. The number of aryl methyl sites for hydroxylation is 2. The maximum absolute atomic E-state index is 11.9. The maximum atomic E-state index is 11.9. The fourth-order valence-corrected chi connectivity index (χ4v) is 2.80. The monoisotopic (exact) mass is 435 g/mol. The molecule has 142 valence electrons. The second-order valence-corrected chi connectivity index (χ2v) is 6.77. The van der Waals surface area contributed by atoms with Crippen molar-refractivity contribution in [3.05, 3.63) is 61.1 Å². The predicted molar refractivity (Wildman–Crippen MR) is 104 cm³/mol. The van der Waals surface area contributed by atoms with Crippen molar-refractivity contribution in [2.45, 2.75) is 20.8 Å². The Labute approximate surface area is 164 Å². The highest BCUT2D eigenvalue weighted by atomic mass is 79.9. The standard InChI is InChI=1S/C18H18BrN3O5/c1-10-4-5-11(2)18(12(10)3)27-9-16(23)21-20-8-13-6-14(19)7-15(17(13)24)22(25)26/h4-8,24H,9H2,1-3H3,(H,21,23)/b20-8+. The summed E-state index contributed by atoms with van der Waals surface area (Å²) in [6, 6.07) is 6.50. The molecule has 0 saturated carbocycles. The zero-order valence-corrected chi connectivity index (χ0v) is 16.5. The van der Waals surface area contributed by atoms with Crippen molar-refractivity contribution in [1.82, 2.24) is 5.43 Å². The van der Waals surface area contributed by atoms with Gasteiger partial charge in [0.05, 0.1) is 11.1 Å². The molecule has 0 aliphatic carbocycles. The number of carbonyl (C=O) groups excluding carboxylic acids is 1. The predicted octanol–water partition coefficient (Wildman–Crippen LogP) is 3.52. The van der Waals surface area contributed by atoms with E-state index in [0.717, 1.165) is 22.9 Å². The van der Waals surface area contributed by atoms with Crippen LogP contribution in [-0.2, 0) is 4.79 Å². The van der Waals surface area contributed by atoms with E-state index in [2.05, 4.69) is 26.5 Å². The Morgan fingerprint density at radius 1 is 1.33 bits per heavy atom. The van der Waals surface area contributed by atoms with Gasteiger partial charge < -0.3 is 9.84 Å². The van der Waals surface area contributed by atoms with Gasteiger partial charge in [0.1, 0.15) is 5.75 Å². The third-order valence-electron chi connectivity index (χ3n) is 3.89. The van der Waals surface area contributed by atoms with Crippen LogP contribution in [0.2, 0.25) is 0 Å². The Hall–Kier alpha value is -2.94. The number of nitro benzene ring substituents is 1. The van der Waals surface area contributed by atoms with Gasteiger partial charge >= 0.3 is 5.69 Å². The number of hydrazone groups is 1. The van der Waals surface area contributed by atoms with Crippen LogP contribution in [0.3, 0.4) is 0 Å². The SMILES string of the molecule is Cc1ccc(C)c(OCC(=O)N/N=C/c2cc(Br)cc([N+](=O)[O-])c2O)c1C. The number of halogens is 1. The van der Waals surface area contributed by atoms with Crippen LogP contribution < -0.4 is 10.2 Å². The van der Waals surface area contributed by atoms with E-state index in [4.69, 9.17) is 4.74 Å². The van der Waals surface area contributed by atoms with E-state index in [1.54, 1.807) is 0 Å². The minimum Gasteiger partial charge on any atom is -0.502 e. The van der Waals surface area contributed by atoms with E-state index >= 15 is 0 Å². The van der Waals surface area contributed by atoms with Gasteiger partial charge in [-0.1, -0.05) is 28.1 Å². The normalized spacial score (nSPS) is 10.8. The summed E-state index contributed by atoms with van der Waals surface area (Å²) in [5.41, 5.74) is 4.81. The lowest BCUT2D eigenvalue weighted by atomic mass is 10.1. The van der Waals surface area contributed by atoms with Gasteiger partial charge in [-0.15, -0.1) is 0 Å². The van der Waals surface area contributed by atoms with Crippen molar-refractivity contribution in [3.63, 3.8) is 0 Å². The van der Waals surface area contributed by atoms with Gasteiger partial charge in [-0.2, -0.15) is 5.10 Å². The van der Waals surface area contributed by atoms with Crippen LogP contribution in [0.15, 0.2) is 33.8 Å². The molecule has 1 amide bonds. The molecule has 0 aliphatic heterocycles. The maximum Gasteiger partial charge on any atom is 0.312 e. The number of benzene rings is 2. The van der Waals surface area contributed by atoms with Gasteiger partial charge in [-0.3, -0.25) is 14.9 Å². The van der Waals surface area contributed by atoms with Crippen LogP contribution in [0.4, 0.5) is 5.69 Å². The third kappa shape index (κ3) is 5.04. The molecule has 2 N–H and O–H groups in total. The lowest BCUT2D eigenvalue weighted by Crippen LogP contribution is -2.25. The molecule has 0 spiro atoms. The number of aromatic hydroxyl groups is 1. The molecule has 0 unspecified atom stereocenters. The number of rotatable bonds is 6. The molecule has 0 saturated heterocycles. The first-order chi connectivity index (χ1) is 12.7. The van der Waals surface area contributed by atoms with Crippen LogP contribution in [0.25, 0.3) is 0 Å². The summed E-state index contributed by atoms with van der Waals surface area (Å²) in [4.78, 5) is 22.1. The van der Waals surface area contributed by atoms with Gasteiger partial charge in [0.2, 0.25) is 5.75 Å². The molecule has 0 aliphatic rings. The van der Waals surface area contributed by atoms with Gasteiger partial charge in [-0.05, 0) is 43.5 Å². The molecular weight excluding hydrogens is 418 g/mol. The summed E-state index contributed by atoms with van der Waals surface area (Å²) in [5, 5.41) is 24.5. The van der Waals surface area contributed by atoms with E-state index in [9.17, 15) is 20.0 Å². The van der Waals surface area contributed by atoms with E-state index < -0.39 is 22.3 Å². The highest BCUT2D eigenvalue weighted by molar-refractivity contribution is 9.10. The number of nitrogens with zero attached hydrogens (tertiary/aromatic N) is 2.